The van der Waals surface area contributed by atoms with Crippen molar-refractivity contribution in [3.63, 3.8) is 0 Å². The number of amidine groups is 1. The van der Waals surface area contributed by atoms with Gasteiger partial charge in [0.15, 0.2) is 9.84 Å². The first kappa shape index (κ1) is 15.4. The molecule has 0 fully saturated rings. The molecular weight excluding hydrogens is 347 g/mol. The Hall–Kier alpha value is -0.950. The number of benzene rings is 1. The van der Waals surface area contributed by atoms with Gasteiger partial charge in [-0.2, -0.15) is 0 Å². The molecule has 1 heterocycles. The molecule has 110 valence electrons. The molecule has 0 spiro atoms. The van der Waals surface area contributed by atoms with Crippen molar-refractivity contribution in [2.75, 3.05) is 5.75 Å². The Morgan fingerprint density at radius 1 is 1.35 bits per heavy atom. The molecule has 0 aromatic heterocycles. The van der Waals surface area contributed by atoms with Gasteiger partial charge in [-0.1, -0.05) is 15.9 Å². The zero-order valence-corrected chi connectivity index (χ0v) is 13.8. The van der Waals surface area contributed by atoms with Crippen LogP contribution in [0.3, 0.4) is 0 Å². The van der Waals surface area contributed by atoms with Crippen LogP contribution in [0, 0.1) is 5.82 Å². The molecule has 0 bridgehead atoms. The molecule has 20 heavy (non-hydrogen) atoms. The Kier molecular flexibility index (Phi) is 3.49. The summed E-state index contributed by atoms with van der Waals surface area (Å²) in [5.74, 6) is -0.770. The van der Waals surface area contributed by atoms with Crippen LogP contribution in [0.1, 0.15) is 26.3 Å². The fourth-order valence-electron chi connectivity index (χ4n) is 2.19. The summed E-state index contributed by atoms with van der Waals surface area (Å²) in [7, 11) is -3.53. The molecule has 0 radical (unpaired) electrons. The quantitative estimate of drug-likeness (QED) is 0.833. The van der Waals surface area contributed by atoms with E-state index in [1.165, 1.54) is 19.9 Å². The van der Waals surface area contributed by atoms with Crippen LogP contribution in [-0.2, 0) is 15.4 Å². The number of aliphatic imine (C=N–C) groups is 1. The zero-order chi connectivity index (χ0) is 15.3. The van der Waals surface area contributed by atoms with Gasteiger partial charge in [0, 0.05) is 10.0 Å². The molecule has 7 heteroatoms. The molecule has 1 aliphatic rings. The van der Waals surface area contributed by atoms with Gasteiger partial charge in [0.25, 0.3) is 0 Å². The summed E-state index contributed by atoms with van der Waals surface area (Å²) < 4.78 is 38.3. The Balaban J connectivity index is 2.69. The van der Waals surface area contributed by atoms with Crippen LogP contribution < -0.4 is 5.73 Å². The van der Waals surface area contributed by atoms with Crippen molar-refractivity contribution in [3.05, 3.63) is 34.1 Å². The smallest absolute Gasteiger partial charge is 0.165 e. The van der Waals surface area contributed by atoms with Crippen LogP contribution in [0.15, 0.2) is 27.7 Å². The standard InChI is InChI=1S/C13H16BrFN2O2S/c1-12(2)11(16)17-13(3,7-20(12,18)19)9-6-8(14)4-5-10(9)15/h4-6H,7H2,1-3H3,(H2,16,17)/t13-/m1/s1. The first-order valence-electron chi connectivity index (χ1n) is 6.03. The van der Waals surface area contributed by atoms with E-state index >= 15 is 0 Å². The minimum absolute atomic E-state index is 0.00521. The monoisotopic (exact) mass is 362 g/mol. The first-order valence-corrected chi connectivity index (χ1v) is 8.48. The van der Waals surface area contributed by atoms with Gasteiger partial charge >= 0.3 is 0 Å². The van der Waals surface area contributed by atoms with Crippen molar-refractivity contribution in [1.82, 2.24) is 0 Å². The van der Waals surface area contributed by atoms with Crippen molar-refractivity contribution >= 4 is 31.6 Å². The average molecular weight is 363 g/mol. The largest absolute Gasteiger partial charge is 0.386 e. The minimum Gasteiger partial charge on any atom is -0.386 e. The van der Waals surface area contributed by atoms with Gasteiger partial charge in [0.05, 0.1) is 5.75 Å². The van der Waals surface area contributed by atoms with Gasteiger partial charge in [-0.15, -0.1) is 0 Å². The summed E-state index contributed by atoms with van der Waals surface area (Å²) in [6, 6.07) is 4.37. The number of nitrogens with zero attached hydrogens (tertiary/aromatic N) is 1. The van der Waals surface area contributed by atoms with Crippen LogP contribution in [0.2, 0.25) is 0 Å². The maximum absolute atomic E-state index is 14.0. The van der Waals surface area contributed by atoms with E-state index in [-0.39, 0.29) is 17.2 Å². The topological polar surface area (TPSA) is 72.5 Å². The van der Waals surface area contributed by atoms with E-state index in [2.05, 4.69) is 20.9 Å². The van der Waals surface area contributed by atoms with E-state index < -0.39 is 25.9 Å². The Morgan fingerprint density at radius 3 is 2.50 bits per heavy atom. The Bertz CT molecular complexity index is 700. The second kappa shape index (κ2) is 4.53. The van der Waals surface area contributed by atoms with Crippen LogP contribution in [0.4, 0.5) is 4.39 Å². The predicted molar refractivity (Wildman–Crippen MR) is 80.9 cm³/mol. The van der Waals surface area contributed by atoms with Gasteiger partial charge in [0.2, 0.25) is 0 Å². The van der Waals surface area contributed by atoms with E-state index in [1.807, 2.05) is 0 Å². The maximum Gasteiger partial charge on any atom is 0.165 e. The molecule has 1 aliphatic heterocycles. The molecular formula is C13H16BrFN2O2S. The second-order valence-corrected chi connectivity index (χ2v) is 9.12. The summed E-state index contributed by atoms with van der Waals surface area (Å²) in [6.45, 7) is 4.60. The van der Waals surface area contributed by atoms with E-state index in [1.54, 1.807) is 19.1 Å². The zero-order valence-electron chi connectivity index (χ0n) is 11.4. The Morgan fingerprint density at radius 2 is 1.95 bits per heavy atom. The van der Waals surface area contributed by atoms with Gasteiger partial charge in [-0.25, -0.2) is 12.8 Å². The number of rotatable bonds is 1. The van der Waals surface area contributed by atoms with Crippen LogP contribution in [0.25, 0.3) is 0 Å². The number of nitrogens with two attached hydrogens (primary N) is 1. The summed E-state index contributed by atoms with van der Waals surface area (Å²) in [6.07, 6.45) is 0. The molecule has 2 N–H and O–H groups in total. The summed E-state index contributed by atoms with van der Waals surface area (Å²) in [5, 5.41) is 0. The average Bonchev–Trinajstić information content (AvgIpc) is 2.29. The molecule has 0 saturated heterocycles. The molecule has 4 nitrogen and oxygen atoms in total. The molecule has 2 rings (SSSR count). The molecule has 0 unspecified atom stereocenters. The van der Waals surface area contributed by atoms with E-state index in [0.29, 0.717) is 4.47 Å². The predicted octanol–water partition coefficient (Wildman–Crippen LogP) is 2.37. The fourth-order valence-corrected chi connectivity index (χ4v) is 4.24. The third kappa shape index (κ3) is 2.26. The molecule has 0 amide bonds. The minimum atomic E-state index is -3.53. The molecule has 1 atom stereocenters. The van der Waals surface area contributed by atoms with Crippen LogP contribution in [0.5, 0.6) is 0 Å². The third-order valence-corrected chi connectivity index (χ3v) is 6.94. The molecule has 1 aromatic rings. The van der Waals surface area contributed by atoms with Crippen LogP contribution >= 0.6 is 15.9 Å². The van der Waals surface area contributed by atoms with Crippen molar-refractivity contribution in [2.24, 2.45) is 10.7 Å². The summed E-state index contributed by atoms with van der Waals surface area (Å²) >= 11 is 3.26. The highest BCUT2D eigenvalue weighted by Crippen LogP contribution is 2.38. The van der Waals surface area contributed by atoms with E-state index in [4.69, 9.17) is 5.73 Å². The van der Waals surface area contributed by atoms with Crippen LogP contribution in [-0.4, -0.2) is 24.8 Å². The third-order valence-electron chi connectivity index (χ3n) is 3.74. The second-order valence-electron chi connectivity index (χ2n) is 5.66. The van der Waals surface area contributed by atoms with Crippen molar-refractivity contribution in [1.29, 1.82) is 0 Å². The Labute approximate surface area is 126 Å². The highest BCUT2D eigenvalue weighted by Gasteiger charge is 2.49. The lowest BCUT2D eigenvalue weighted by atomic mass is 9.93. The van der Waals surface area contributed by atoms with Crippen molar-refractivity contribution < 1.29 is 12.8 Å². The number of hydrogen-bond donors (Lipinski definition) is 1. The van der Waals surface area contributed by atoms with Gasteiger partial charge in [0.1, 0.15) is 21.9 Å². The van der Waals surface area contributed by atoms with Gasteiger partial charge in [-0.3, -0.25) is 4.99 Å². The van der Waals surface area contributed by atoms with Gasteiger partial charge < -0.3 is 5.73 Å². The molecule has 1 aromatic carbocycles. The molecule has 0 saturated carbocycles. The number of sulfone groups is 1. The molecule has 0 aliphatic carbocycles. The maximum atomic E-state index is 14.0. The SMILES string of the molecule is CC1(C)C(N)=N[C@@](C)(c2cc(Br)ccc2F)CS1(=O)=O. The number of hydrogen-bond acceptors (Lipinski definition) is 4. The lowest BCUT2D eigenvalue weighted by molar-refractivity contribution is 0.475. The summed E-state index contributed by atoms with van der Waals surface area (Å²) in [4.78, 5) is 4.29. The highest BCUT2D eigenvalue weighted by atomic mass is 79.9. The van der Waals surface area contributed by atoms with Crippen molar-refractivity contribution in [3.8, 4) is 0 Å². The first-order chi connectivity index (χ1) is 8.99. The highest BCUT2D eigenvalue weighted by molar-refractivity contribution is 9.10. The van der Waals surface area contributed by atoms with Gasteiger partial charge in [-0.05, 0) is 39.0 Å². The number of halogens is 2. The summed E-state index contributed by atoms with van der Waals surface area (Å²) in [5.41, 5.74) is 4.83. The normalized spacial score (nSPS) is 27.9. The van der Waals surface area contributed by atoms with E-state index in [0.717, 1.165) is 0 Å². The van der Waals surface area contributed by atoms with Crippen molar-refractivity contribution in [2.45, 2.75) is 31.1 Å². The van der Waals surface area contributed by atoms with E-state index in [9.17, 15) is 12.8 Å². The fraction of sp³-hybridized carbons (Fsp3) is 0.462. The lowest BCUT2D eigenvalue weighted by Gasteiger charge is -2.37. The lowest BCUT2D eigenvalue weighted by Crippen LogP contribution is -2.54.